The number of carboxylic acids is 1. The average Bonchev–Trinajstić information content (AvgIpc) is 2.57. The van der Waals surface area contributed by atoms with Gasteiger partial charge in [-0.3, -0.25) is 4.79 Å². The fourth-order valence-electron chi connectivity index (χ4n) is 1.76. The Bertz CT molecular complexity index is 492. The van der Waals surface area contributed by atoms with Crippen molar-refractivity contribution in [3.05, 3.63) is 28.8 Å². The number of alkyl halides is 1. The van der Waals surface area contributed by atoms with Crippen molar-refractivity contribution in [2.75, 3.05) is 11.4 Å². The predicted molar refractivity (Wildman–Crippen MR) is 68.1 cm³/mol. The molecule has 0 bridgehead atoms. The van der Waals surface area contributed by atoms with Gasteiger partial charge < -0.3 is 10.0 Å². The second kappa shape index (κ2) is 4.66. The summed E-state index contributed by atoms with van der Waals surface area (Å²) in [5, 5.41) is 8.98. The minimum Gasteiger partial charge on any atom is -0.478 e. The molecule has 0 spiro atoms. The lowest BCUT2D eigenvalue weighted by Crippen LogP contribution is -2.24. The van der Waals surface area contributed by atoms with Gasteiger partial charge in [-0.05, 0) is 18.2 Å². The first-order chi connectivity index (χ1) is 7.99. The average molecular weight is 319 g/mol. The Balaban J connectivity index is 2.32. The summed E-state index contributed by atoms with van der Waals surface area (Å²) in [6.45, 7) is 0.571. The molecule has 90 valence electrons. The van der Waals surface area contributed by atoms with Crippen molar-refractivity contribution < 1.29 is 14.7 Å². The highest BCUT2D eigenvalue weighted by Gasteiger charge is 2.29. The van der Waals surface area contributed by atoms with Crippen molar-refractivity contribution in [1.82, 2.24) is 0 Å². The highest BCUT2D eigenvalue weighted by molar-refractivity contribution is 9.09. The lowest BCUT2D eigenvalue weighted by atomic mass is 10.2. The third-order valence-electron chi connectivity index (χ3n) is 2.57. The van der Waals surface area contributed by atoms with Gasteiger partial charge in [0, 0.05) is 23.5 Å². The molecule has 1 fully saturated rings. The van der Waals surface area contributed by atoms with E-state index in [4.69, 9.17) is 16.7 Å². The third kappa shape index (κ3) is 2.45. The summed E-state index contributed by atoms with van der Waals surface area (Å²) in [4.78, 5) is 24.2. The summed E-state index contributed by atoms with van der Waals surface area (Å²) in [7, 11) is 0. The SMILES string of the molecule is O=C(O)c1ccc(N2CC(Br)CC2=O)cc1Cl. The summed E-state index contributed by atoms with van der Waals surface area (Å²) in [5.74, 6) is -1.07. The molecule has 17 heavy (non-hydrogen) atoms. The summed E-state index contributed by atoms with van der Waals surface area (Å²) in [6, 6.07) is 4.51. The molecule has 1 aromatic rings. The van der Waals surface area contributed by atoms with Crippen LogP contribution in [0.3, 0.4) is 0 Å². The Kier molecular flexibility index (Phi) is 3.40. The number of nitrogens with zero attached hydrogens (tertiary/aromatic N) is 1. The molecule has 4 nitrogen and oxygen atoms in total. The Hall–Kier alpha value is -1.07. The summed E-state index contributed by atoms with van der Waals surface area (Å²) < 4.78 is 0. The number of carbonyl (C=O) groups excluding carboxylic acids is 1. The minimum absolute atomic E-state index is 0.00557. The summed E-state index contributed by atoms with van der Waals surface area (Å²) in [5.41, 5.74) is 0.671. The summed E-state index contributed by atoms with van der Waals surface area (Å²) >= 11 is 9.24. The molecule has 0 saturated carbocycles. The Morgan fingerprint density at radius 2 is 2.24 bits per heavy atom. The van der Waals surface area contributed by atoms with Crippen LogP contribution >= 0.6 is 27.5 Å². The molecule has 1 aromatic carbocycles. The highest BCUT2D eigenvalue weighted by atomic mass is 79.9. The number of hydrogen-bond acceptors (Lipinski definition) is 2. The fourth-order valence-corrected chi connectivity index (χ4v) is 2.58. The van der Waals surface area contributed by atoms with E-state index in [1.165, 1.54) is 12.1 Å². The molecule has 1 heterocycles. The maximum Gasteiger partial charge on any atom is 0.337 e. The van der Waals surface area contributed by atoms with E-state index in [1.807, 2.05) is 0 Å². The van der Waals surface area contributed by atoms with E-state index in [-0.39, 0.29) is 21.3 Å². The Labute approximate surface area is 111 Å². The number of carboxylic acid groups (broad SMARTS) is 1. The van der Waals surface area contributed by atoms with Crippen LogP contribution in [-0.2, 0) is 4.79 Å². The molecule has 2 rings (SSSR count). The number of halogens is 2. The number of amides is 1. The maximum absolute atomic E-state index is 11.7. The molecule has 1 aliphatic rings. The molecule has 0 radical (unpaired) electrons. The van der Waals surface area contributed by atoms with E-state index in [2.05, 4.69) is 15.9 Å². The topological polar surface area (TPSA) is 57.6 Å². The van der Waals surface area contributed by atoms with E-state index in [0.717, 1.165) is 0 Å². The van der Waals surface area contributed by atoms with E-state index >= 15 is 0 Å². The normalized spacial score (nSPS) is 19.8. The van der Waals surface area contributed by atoms with Crippen LogP contribution in [0.5, 0.6) is 0 Å². The number of hydrogen-bond donors (Lipinski definition) is 1. The van der Waals surface area contributed by atoms with Gasteiger partial charge in [0.25, 0.3) is 0 Å². The van der Waals surface area contributed by atoms with E-state index in [0.29, 0.717) is 18.7 Å². The van der Waals surface area contributed by atoms with Crippen LogP contribution in [0.15, 0.2) is 18.2 Å². The third-order valence-corrected chi connectivity index (χ3v) is 3.50. The van der Waals surface area contributed by atoms with Crippen molar-refractivity contribution in [2.24, 2.45) is 0 Å². The highest BCUT2D eigenvalue weighted by Crippen LogP contribution is 2.28. The van der Waals surface area contributed by atoms with Crippen LogP contribution < -0.4 is 4.90 Å². The van der Waals surface area contributed by atoms with Gasteiger partial charge >= 0.3 is 5.97 Å². The molecule has 1 unspecified atom stereocenters. The standard InChI is InChI=1S/C11H9BrClNO3/c12-6-3-10(15)14(5-6)7-1-2-8(11(16)17)9(13)4-7/h1-2,4,6H,3,5H2,(H,16,17). The zero-order chi connectivity index (χ0) is 12.6. The van der Waals surface area contributed by atoms with Crippen LogP contribution in [0.1, 0.15) is 16.8 Å². The lowest BCUT2D eigenvalue weighted by molar-refractivity contribution is -0.117. The van der Waals surface area contributed by atoms with Crippen LogP contribution in [0.4, 0.5) is 5.69 Å². The molecule has 0 aliphatic carbocycles. The Morgan fingerprint density at radius 1 is 1.53 bits per heavy atom. The quantitative estimate of drug-likeness (QED) is 0.853. The zero-order valence-electron chi connectivity index (χ0n) is 8.69. The van der Waals surface area contributed by atoms with Crippen molar-refractivity contribution in [1.29, 1.82) is 0 Å². The van der Waals surface area contributed by atoms with Crippen molar-refractivity contribution >= 4 is 45.1 Å². The second-order valence-electron chi connectivity index (χ2n) is 3.78. The van der Waals surface area contributed by atoms with E-state index in [9.17, 15) is 9.59 Å². The molecule has 6 heteroatoms. The van der Waals surface area contributed by atoms with Crippen LogP contribution in [0.25, 0.3) is 0 Å². The number of benzene rings is 1. The van der Waals surface area contributed by atoms with Crippen molar-refractivity contribution in [3.63, 3.8) is 0 Å². The molecule has 1 amide bonds. The first kappa shape index (κ1) is 12.4. The molecule has 1 aliphatic heterocycles. The summed E-state index contributed by atoms with van der Waals surface area (Å²) in [6.07, 6.45) is 0.443. The second-order valence-corrected chi connectivity index (χ2v) is 5.48. The van der Waals surface area contributed by atoms with Crippen molar-refractivity contribution in [2.45, 2.75) is 11.2 Å². The smallest absolute Gasteiger partial charge is 0.337 e. The van der Waals surface area contributed by atoms with Crippen LogP contribution in [0, 0.1) is 0 Å². The molecule has 1 N–H and O–H groups in total. The molecule has 0 aromatic heterocycles. The van der Waals surface area contributed by atoms with Gasteiger partial charge in [0.05, 0.1) is 10.6 Å². The van der Waals surface area contributed by atoms with Gasteiger partial charge in [0.1, 0.15) is 0 Å². The maximum atomic E-state index is 11.7. The minimum atomic E-state index is -1.08. The number of carbonyl (C=O) groups is 2. The number of anilines is 1. The van der Waals surface area contributed by atoms with Crippen molar-refractivity contribution in [3.8, 4) is 0 Å². The van der Waals surface area contributed by atoms with Gasteiger partial charge in [-0.25, -0.2) is 4.79 Å². The van der Waals surface area contributed by atoms with Crippen LogP contribution in [-0.4, -0.2) is 28.4 Å². The van der Waals surface area contributed by atoms with Gasteiger partial charge in [0.15, 0.2) is 0 Å². The first-order valence-corrected chi connectivity index (χ1v) is 6.25. The zero-order valence-corrected chi connectivity index (χ0v) is 11.0. The fraction of sp³-hybridized carbons (Fsp3) is 0.273. The molecular formula is C11H9BrClNO3. The molecular weight excluding hydrogens is 309 g/mol. The monoisotopic (exact) mass is 317 g/mol. The Morgan fingerprint density at radius 3 is 2.71 bits per heavy atom. The largest absolute Gasteiger partial charge is 0.478 e. The number of aromatic carboxylic acids is 1. The molecule has 1 saturated heterocycles. The first-order valence-electron chi connectivity index (χ1n) is 4.96. The number of rotatable bonds is 2. The van der Waals surface area contributed by atoms with Gasteiger partial charge in [-0.1, -0.05) is 27.5 Å². The lowest BCUT2D eigenvalue weighted by Gasteiger charge is -2.16. The van der Waals surface area contributed by atoms with Gasteiger partial charge in [-0.15, -0.1) is 0 Å². The van der Waals surface area contributed by atoms with E-state index in [1.54, 1.807) is 11.0 Å². The van der Waals surface area contributed by atoms with Gasteiger partial charge in [0.2, 0.25) is 5.91 Å². The van der Waals surface area contributed by atoms with E-state index < -0.39 is 5.97 Å². The van der Waals surface area contributed by atoms with Crippen LogP contribution in [0.2, 0.25) is 5.02 Å². The predicted octanol–water partition coefficient (Wildman–Crippen LogP) is 2.54. The molecule has 1 atom stereocenters. The van der Waals surface area contributed by atoms with Gasteiger partial charge in [-0.2, -0.15) is 0 Å².